The molecule has 0 saturated heterocycles. The van der Waals surface area contributed by atoms with Crippen molar-refractivity contribution in [3.8, 4) is 11.5 Å². The molecule has 0 fully saturated rings. The average molecular weight is 175 g/mol. The number of phenols is 2. The molecular formula is C8H11ClO2. The van der Waals surface area contributed by atoms with Crippen LogP contribution in [0, 0.1) is 0 Å². The van der Waals surface area contributed by atoms with E-state index in [1.807, 2.05) is 6.92 Å². The fraction of sp³-hybridized carbons (Fsp3) is 0.250. The van der Waals surface area contributed by atoms with Gasteiger partial charge in [-0.15, -0.1) is 11.6 Å². The van der Waals surface area contributed by atoms with Gasteiger partial charge in [0.15, 0.2) is 11.5 Å². The molecule has 0 unspecified atom stereocenters. The lowest BCUT2D eigenvalue weighted by Crippen LogP contribution is -1.63. The van der Waals surface area contributed by atoms with E-state index in [1.54, 1.807) is 12.1 Å². The van der Waals surface area contributed by atoms with Crippen molar-refractivity contribution in [2.24, 2.45) is 0 Å². The summed E-state index contributed by atoms with van der Waals surface area (Å²) in [5.74, 6) is 0.569. The molecule has 1 rings (SSSR count). The zero-order valence-electron chi connectivity index (χ0n) is 6.29. The molecule has 1 aromatic carbocycles. The average Bonchev–Trinajstić information content (AvgIpc) is 1.97. The van der Waals surface area contributed by atoms with Gasteiger partial charge < -0.3 is 10.2 Å². The number of aromatic hydroxyl groups is 2. The first-order valence-electron chi connectivity index (χ1n) is 3.25. The highest BCUT2D eigenvalue weighted by Crippen LogP contribution is 2.21. The number of benzene rings is 1. The molecule has 0 radical (unpaired) electrons. The minimum Gasteiger partial charge on any atom is -0.504 e. The second kappa shape index (κ2) is 5.86. The molecule has 0 heterocycles. The number of hydrogen-bond acceptors (Lipinski definition) is 2. The molecule has 0 bridgehead atoms. The van der Waals surface area contributed by atoms with Gasteiger partial charge in [-0.05, 0) is 12.1 Å². The van der Waals surface area contributed by atoms with Crippen LogP contribution in [0.5, 0.6) is 11.5 Å². The third kappa shape index (κ3) is 4.51. The largest absolute Gasteiger partial charge is 0.504 e. The minimum absolute atomic E-state index is 0.0764. The fourth-order valence-corrected chi connectivity index (χ4v) is 0.464. The van der Waals surface area contributed by atoms with Gasteiger partial charge in [-0.2, -0.15) is 0 Å². The van der Waals surface area contributed by atoms with Crippen LogP contribution in [-0.4, -0.2) is 16.1 Å². The predicted octanol–water partition coefficient (Wildman–Crippen LogP) is 2.34. The molecule has 2 nitrogen and oxygen atoms in total. The molecule has 0 aromatic heterocycles. The Bertz CT molecular complexity index is 180. The van der Waals surface area contributed by atoms with Gasteiger partial charge in [0.2, 0.25) is 0 Å². The normalized spacial score (nSPS) is 8.18. The fourth-order valence-electron chi connectivity index (χ4n) is 0.464. The second-order valence-corrected chi connectivity index (χ2v) is 2.29. The van der Waals surface area contributed by atoms with Gasteiger partial charge in [0.05, 0.1) is 0 Å². The maximum Gasteiger partial charge on any atom is 0.157 e. The first-order chi connectivity index (χ1) is 5.22. The van der Waals surface area contributed by atoms with E-state index < -0.39 is 0 Å². The Labute approximate surface area is 71.1 Å². The number of halogens is 1. The van der Waals surface area contributed by atoms with Crippen LogP contribution in [0.1, 0.15) is 6.92 Å². The van der Waals surface area contributed by atoms with E-state index in [1.165, 1.54) is 12.1 Å². The Morgan fingerprint density at radius 2 is 1.45 bits per heavy atom. The van der Waals surface area contributed by atoms with Crippen molar-refractivity contribution in [1.29, 1.82) is 0 Å². The summed E-state index contributed by atoms with van der Waals surface area (Å²) in [7, 11) is 0. The summed E-state index contributed by atoms with van der Waals surface area (Å²) in [6.45, 7) is 1.89. The molecular weight excluding hydrogens is 164 g/mol. The third-order valence-corrected chi connectivity index (χ3v) is 0.882. The van der Waals surface area contributed by atoms with Crippen LogP contribution >= 0.6 is 11.6 Å². The van der Waals surface area contributed by atoms with Gasteiger partial charge in [0, 0.05) is 5.88 Å². The first-order valence-corrected chi connectivity index (χ1v) is 3.78. The van der Waals surface area contributed by atoms with E-state index in [-0.39, 0.29) is 11.5 Å². The molecule has 3 heteroatoms. The van der Waals surface area contributed by atoms with Gasteiger partial charge >= 0.3 is 0 Å². The van der Waals surface area contributed by atoms with Crippen LogP contribution in [0.3, 0.4) is 0 Å². The van der Waals surface area contributed by atoms with Gasteiger partial charge in [0.25, 0.3) is 0 Å². The maximum absolute atomic E-state index is 8.67. The molecule has 2 N–H and O–H groups in total. The lowest BCUT2D eigenvalue weighted by atomic mass is 10.3. The summed E-state index contributed by atoms with van der Waals surface area (Å²) in [5, 5.41) is 17.3. The molecule has 0 spiro atoms. The molecule has 0 aliphatic rings. The number of rotatable bonds is 0. The molecule has 0 atom stereocenters. The summed E-state index contributed by atoms with van der Waals surface area (Å²) in [4.78, 5) is 0. The van der Waals surface area contributed by atoms with E-state index in [0.29, 0.717) is 0 Å². The van der Waals surface area contributed by atoms with Crippen molar-refractivity contribution in [2.75, 3.05) is 5.88 Å². The summed E-state index contributed by atoms with van der Waals surface area (Å²) in [5.41, 5.74) is 0. The Balaban J connectivity index is 0.000000292. The van der Waals surface area contributed by atoms with E-state index in [0.717, 1.165) is 5.88 Å². The smallest absolute Gasteiger partial charge is 0.157 e. The SMILES string of the molecule is CCCl.Oc1ccccc1O. The zero-order valence-corrected chi connectivity index (χ0v) is 7.04. The monoisotopic (exact) mass is 174 g/mol. The third-order valence-electron chi connectivity index (χ3n) is 0.882. The lowest BCUT2D eigenvalue weighted by Gasteiger charge is -1.91. The van der Waals surface area contributed by atoms with Crippen molar-refractivity contribution < 1.29 is 10.2 Å². The molecule has 0 aliphatic carbocycles. The Morgan fingerprint density at radius 3 is 1.64 bits per heavy atom. The van der Waals surface area contributed by atoms with Gasteiger partial charge in [-0.1, -0.05) is 19.1 Å². The van der Waals surface area contributed by atoms with E-state index in [4.69, 9.17) is 21.8 Å². The molecule has 0 amide bonds. The van der Waals surface area contributed by atoms with E-state index >= 15 is 0 Å². The van der Waals surface area contributed by atoms with Crippen molar-refractivity contribution in [3.63, 3.8) is 0 Å². The van der Waals surface area contributed by atoms with Crippen molar-refractivity contribution in [1.82, 2.24) is 0 Å². The molecule has 0 aliphatic heterocycles. The van der Waals surface area contributed by atoms with Crippen LogP contribution in [-0.2, 0) is 0 Å². The van der Waals surface area contributed by atoms with Crippen molar-refractivity contribution in [2.45, 2.75) is 6.92 Å². The minimum atomic E-state index is -0.0764. The molecule has 1 aromatic rings. The zero-order chi connectivity index (χ0) is 8.69. The number of alkyl halides is 1. The lowest BCUT2D eigenvalue weighted by molar-refractivity contribution is 0.404. The highest BCUT2D eigenvalue weighted by molar-refractivity contribution is 6.17. The van der Waals surface area contributed by atoms with Crippen molar-refractivity contribution >= 4 is 11.6 Å². The quantitative estimate of drug-likeness (QED) is 0.468. The van der Waals surface area contributed by atoms with Crippen LogP contribution in [0.4, 0.5) is 0 Å². The molecule has 0 saturated carbocycles. The van der Waals surface area contributed by atoms with E-state index in [9.17, 15) is 0 Å². The molecule has 11 heavy (non-hydrogen) atoms. The highest BCUT2D eigenvalue weighted by atomic mass is 35.5. The topological polar surface area (TPSA) is 40.5 Å². The Morgan fingerprint density at radius 1 is 1.18 bits per heavy atom. The van der Waals surface area contributed by atoms with Crippen molar-refractivity contribution in [3.05, 3.63) is 24.3 Å². The standard InChI is InChI=1S/C6H6O2.C2H5Cl/c7-5-3-1-2-4-6(5)8;1-2-3/h1-4,7-8H;2H2,1H3. The van der Waals surface area contributed by atoms with Gasteiger partial charge in [0.1, 0.15) is 0 Å². The van der Waals surface area contributed by atoms with Crippen LogP contribution in [0.25, 0.3) is 0 Å². The summed E-state index contributed by atoms with van der Waals surface area (Å²) >= 11 is 5.00. The highest BCUT2D eigenvalue weighted by Gasteiger charge is 1.90. The van der Waals surface area contributed by atoms with Gasteiger partial charge in [-0.3, -0.25) is 0 Å². The number of para-hydroxylation sites is 2. The van der Waals surface area contributed by atoms with Crippen LogP contribution < -0.4 is 0 Å². The predicted molar refractivity (Wildman–Crippen MR) is 46.2 cm³/mol. The second-order valence-electron chi connectivity index (χ2n) is 1.76. The number of phenolic OH excluding ortho intramolecular Hbond substituents is 2. The Hall–Kier alpha value is -0.890. The first kappa shape index (κ1) is 10.1. The number of hydrogen-bond donors (Lipinski definition) is 2. The summed E-state index contributed by atoms with van der Waals surface area (Å²) < 4.78 is 0. The Kier molecular flexibility index (Phi) is 5.39. The van der Waals surface area contributed by atoms with Gasteiger partial charge in [-0.25, -0.2) is 0 Å². The maximum atomic E-state index is 8.67. The van der Waals surface area contributed by atoms with Crippen LogP contribution in [0.2, 0.25) is 0 Å². The van der Waals surface area contributed by atoms with E-state index in [2.05, 4.69) is 0 Å². The summed E-state index contributed by atoms with van der Waals surface area (Å²) in [6, 6.07) is 6.15. The summed E-state index contributed by atoms with van der Waals surface area (Å²) in [6.07, 6.45) is 0. The molecule has 62 valence electrons. The van der Waals surface area contributed by atoms with Crippen LogP contribution in [0.15, 0.2) is 24.3 Å².